The van der Waals surface area contributed by atoms with Crippen molar-refractivity contribution in [3.05, 3.63) is 59.2 Å². The first-order valence-corrected chi connectivity index (χ1v) is 6.91. The first kappa shape index (κ1) is 14.1. The second-order valence-electron chi connectivity index (χ2n) is 5.07. The van der Waals surface area contributed by atoms with Gasteiger partial charge in [-0.3, -0.25) is 9.59 Å². The summed E-state index contributed by atoms with van der Waals surface area (Å²) in [6.07, 6.45) is 0. The van der Waals surface area contributed by atoms with Crippen molar-refractivity contribution in [3.63, 3.8) is 0 Å². The zero-order valence-corrected chi connectivity index (χ0v) is 12.1. The molecule has 0 fully saturated rings. The van der Waals surface area contributed by atoms with E-state index >= 15 is 0 Å². The fourth-order valence-electron chi connectivity index (χ4n) is 2.15. The third-order valence-electron chi connectivity index (χ3n) is 3.41. The van der Waals surface area contributed by atoms with Crippen molar-refractivity contribution in [3.8, 4) is 11.5 Å². The van der Waals surface area contributed by atoms with Gasteiger partial charge < -0.3 is 14.8 Å². The third kappa shape index (κ3) is 2.93. The van der Waals surface area contributed by atoms with Crippen molar-refractivity contribution in [2.24, 2.45) is 0 Å². The van der Waals surface area contributed by atoms with Crippen molar-refractivity contribution in [1.82, 2.24) is 5.32 Å². The number of fused-ring (bicyclic) bond motifs is 1. The van der Waals surface area contributed by atoms with Crippen LogP contribution in [0.4, 0.5) is 0 Å². The molecule has 112 valence electrons. The summed E-state index contributed by atoms with van der Waals surface area (Å²) in [5, 5.41) is 2.62. The first-order valence-electron chi connectivity index (χ1n) is 6.91. The maximum Gasteiger partial charge on any atom is 0.292 e. The van der Waals surface area contributed by atoms with Crippen LogP contribution in [0.25, 0.3) is 0 Å². The molecule has 0 atom stereocenters. The molecular formula is C17H15NO4. The van der Waals surface area contributed by atoms with Gasteiger partial charge in [0.2, 0.25) is 12.6 Å². The Morgan fingerprint density at radius 1 is 1.05 bits per heavy atom. The number of Topliss-reactive ketones (excluding diaryl/α,β-unsaturated/α-hetero) is 1. The number of ether oxygens (including phenoxy) is 2. The zero-order valence-electron chi connectivity index (χ0n) is 12.1. The lowest BCUT2D eigenvalue weighted by atomic mass is 10.1. The molecule has 1 N–H and O–H groups in total. The van der Waals surface area contributed by atoms with E-state index in [1.807, 2.05) is 13.0 Å². The van der Waals surface area contributed by atoms with Crippen LogP contribution < -0.4 is 14.8 Å². The molecule has 1 amide bonds. The van der Waals surface area contributed by atoms with Crippen LogP contribution in [0.2, 0.25) is 0 Å². The van der Waals surface area contributed by atoms with Gasteiger partial charge in [-0.05, 0) is 24.6 Å². The van der Waals surface area contributed by atoms with Crippen LogP contribution in [0, 0.1) is 6.92 Å². The van der Waals surface area contributed by atoms with E-state index in [0.29, 0.717) is 17.1 Å². The Hall–Kier alpha value is -2.82. The molecular weight excluding hydrogens is 282 g/mol. The molecule has 0 bridgehead atoms. The summed E-state index contributed by atoms with van der Waals surface area (Å²) >= 11 is 0. The van der Waals surface area contributed by atoms with Crippen LogP contribution in [-0.2, 0) is 11.3 Å². The van der Waals surface area contributed by atoms with E-state index in [1.54, 1.807) is 36.4 Å². The number of ketones is 1. The smallest absolute Gasteiger partial charge is 0.292 e. The van der Waals surface area contributed by atoms with Crippen LogP contribution in [-0.4, -0.2) is 18.5 Å². The SMILES string of the molecule is Cc1ccc(C(=O)C(=O)NCc2ccc3c(c2)OCO3)cc1. The summed E-state index contributed by atoms with van der Waals surface area (Å²) < 4.78 is 10.5. The normalized spacial score (nSPS) is 12.0. The molecule has 0 radical (unpaired) electrons. The summed E-state index contributed by atoms with van der Waals surface area (Å²) in [4.78, 5) is 23.9. The standard InChI is InChI=1S/C17H15NO4/c1-11-2-5-13(6-3-11)16(19)17(20)18-9-12-4-7-14-15(8-12)22-10-21-14/h2-8H,9-10H2,1H3,(H,18,20). The minimum Gasteiger partial charge on any atom is -0.454 e. The first-order chi connectivity index (χ1) is 10.6. The minimum absolute atomic E-state index is 0.205. The third-order valence-corrected chi connectivity index (χ3v) is 3.41. The van der Waals surface area contributed by atoms with Gasteiger partial charge in [0.05, 0.1) is 0 Å². The Bertz CT molecular complexity index is 722. The van der Waals surface area contributed by atoms with Gasteiger partial charge in [-0.15, -0.1) is 0 Å². The predicted molar refractivity (Wildman–Crippen MR) is 79.9 cm³/mol. The van der Waals surface area contributed by atoms with Gasteiger partial charge in [0.15, 0.2) is 11.5 Å². The van der Waals surface area contributed by atoms with Crippen molar-refractivity contribution in [1.29, 1.82) is 0 Å². The Balaban J connectivity index is 1.62. The fourth-order valence-corrected chi connectivity index (χ4v) is 2.15. The number of rotatable bonds is 4. The summed E-state index contributed by atoms with van der Waals surface area (Å²) in [6.45, 7) is 2.39. The number of amides is 1. The molecule has 0 aromatic heterocycles. The van der Waals surface area contributed by atoms with E-state index in [-0.39, 0.29) is 13.3 Å². The summed E-state index contributed by atoms with van der Waals surface area (Å²) in [6, 6.07) is 12.3. The molecule has 0 spiro atoms. The number of aryl methyl sites for hydroxylation is 1. The monoisotopic (exact) mass is 297 g/mol. The Kier molecular flexibility index (Phi) is 3.78. The van der Waals surface area contributed by atoms with E-state index in [2.05, 4.69) is 5.32 Å². The number of benzene rings is 2. The predicted octanol–water partition coefficient (Wildman–Crippen LogP) is 2.22. The van der Waals surface area contributed by atoms with E-state index in [9.17, 15) is 9.59 Å². The van der Waals surface area contributed by atoms with Crippen molar-refractivity contribution in [2.75, 3.05) is 6.79 Å². The highest BCUT2D eigenvalue weighted by molar-refractivity contribution is 6.42. The maximum atomic E-state index is 12.0. The van der Waals surface area contributed by atoms with Gasteiger partial charge >= 0.3 is 0 Å². The van der Waals surface area contributed by atoms with Gasteiger partial charge in [0, 0.05) is 12.1 Å². The lowest BCUT2D eigenvalue weighted by molar-refractivity contribution is -0.117. The van der Waals surface area contributed by atoms with Gasteiger partial charge in [-0.25, -0.2) is 0 Å². The van der Waals surface area contributed by atoms with Crippen LogP contribution in [0.5, 0.6) is 11.5 Å². The van der Waals surface area contributed by atoms with Crippen molar-refractivity contribution >= 4 is 11.7 Å². The van der Waals surface area contributed by atoms with E-state index in [4.69, 9.17) is 9.47 Å². The van der Waals surface area contributed by atoms with E-state index in [0.717, 1.165) is 11.1 Å². The molecule has 3 rings (SSSR count). The minimum atomic E-state index is -0.624. The molecule has 22 heavy (non-hydrogen) atoms. The molecule has 0 saturated heterocycles. The maximum absolute atomic E-state index is 12.0. The van der Waals surface area contributed by atoms with E-state index < -0.39 is 11.7 Å². The topological polar surface area (TPSA) is 64.6 Å². The summed E-state index contributed by atoms with van der Waals surface area (Å²) in [5.74, 6) is 0.171. The number of nitrogens with one attached hydrogen (secondary N) is 1. The second-order valence-corrected chi connectivity index (χ2v) is 5.07. The highest BCUT2D eigenvalue weighted by atomic mass is 16.7. The summed E-state index contributed by atoms with van der Waals surface area (Å²) in [7, 11) is 0. The van der Waals surface area contributed by atoms with Crippen molar-refractivity contribution < 1.29 is 19.1 Å². The number of hydrogen-bond acceptors (Lipinski definition) is 4. The molecule has 1 aliphatic heterocycles. The fraction of sp³-hybridized carbons (Fsp3) is 0.176. The Morgan fingerprint density at radius 3 is 2.55 bits per heavy atom. The molecule has 1 aliphatic rings. The van der Waals surface area contributed by atoms with Crippen LogP contribution in [0.15, 0.2) is 42.5 Å². The highest BCUT2D eigenvalue weighted by Crippen LogP contribution is 2.32. The summed E-state index contributed by atoms with van der Waals surface area (Å²) in [5.41, 5.74) is 2.26. The number of carbonyl (C=O) groups excluding carboxylic acids is 2. The largest absolute Gasteiger partial charge is 0.454 e. The van der Waals surface area contributed by atoms with Gasteiger partial charge in [0.25, 0.3) is 5.91 Å². The molecule has 5 heteroatoms. The molecule has 1 heterocycles. The molecule has 5 nitrogen and oxygen atoms in total. The lowest BCUT2D eigenvalue weighted by Crippen LogP contribution is -2.30. The van der Waals surface area contributed by atoms with Gasteiger partial charge in [-0.2, -0.15) is 0 Å². The Labute approximate surface area is 127 Å². The highest BCUT2D eigenvalue weighted by Gasteiger charge is 2.17. The van der Waals surface area contributed by atoms with Crippen LogP contribution >= 0.6 is 0 Å². The average Bonchev–Trinajstić information content (AvgIpc) is 3.00. The quantitative estimate of drug-likeness (QED) is 0.694. The molecule has 0 aliphatic carbocycles. The molecule has 2 aromatic carbocycles. The lowest BCUT2D eigenvalue weighted by Gasteiger charge is -2.06. The number of hydrogen-bond donors (Lipinski definition) is 1. The zero-order chi connectivity index (χ0) is 15.5. The van der Waals surface area contributed by atoms with Crippen LogP contribution in [0.3, 0.4) is 0 Å². The van der Waals surface area contributed by atoms with Crippen LogP contribution in [0.1, 0.15) is 21.5 Å². The molecule has 0 saturated carbocycles. The second kappa shape index (κ2) is 5.89. The van der Waals surface area contributed by atoms with Gasteiger partial charge in [0.1, 0.15) is 0 Å². The molecule has 0 unspecified atom stereocenters. The molecule has 2 aromatic rings. The van der Waals surface area contributed by atoms with Gasteiger partial charge in [-0.1, -0.05) is 35.9 Å². The van der Waals surface area contributed by atoms with E-state index in [1.165, 1.54) is 0 Å². The van der Waals surface area contributed by atoms with Crippen molar-refractivity contribution in [2.45, 2.75) is 13.5 Å². The average molecular weight is 297 g/mol. The Morgan fingerprint density at radius 2 is 1.77 bits per heavy atom. The number of carbonyl (C=O) groups is 2.